The zero-order valence-electron chi connectivity index (χ0n) is 11.0. The molecule has 0 saturated heterocycles. The van der Waals surface area contributed by atoms with Crippen LogP contribution in [0.15, 0.2) is 10.9 Å². The van der Waals surface area contributed by atoms with E-state index in [9.17, 15) is 9.59 Å². The predicted molar refractivity (Wildman–Crippen MR) is 70.9 cm³/mol. The van der Waals surface area contributed by atoms with Crippen molar-refractivity contribution in [2.45, 2.75) is 52.0 Å². The van der Waals surface area contributed by atoms with Gasteiger partial charge in [0, 0.05) is 11.7 Å². The number of hydrogen-bond acceptors (Lipinski definition) is 2. The zero-order chi connectivity index (χ0) is 13.1. The molecule has 1 fully saturated rings. The number of H-pyrrole nitrogens is 1. The van der Waals surface area contributed by atoms with Crippen LogP contribution >= 0.6 is 0 Å². The summed E-state index contributed by atoms with van der Waals surface area (Å²) in [6.07, 6.45) is 5.03. The van der Waals surface area contributed by atoms with E-state index in [1.165, 1.54) is 0 Å². The first kappa shape index (κ1) is 12.9. The van der Waals surface area contributed by atoms with Crippen LogP contribution in [0.25, 0.3) is 0 Å². The molecule has 2 rings (SSSR count). The molecule has 1 heterocycles. The Morgan fingerprint density at radius 1 is 1.50 bits per heavy atom. The summed E-state index contributed by atoms with van der Waals surface area (Å²) in [5.74, 6) is -0.243. The molecule has 4 nitrogen and oxygen atoms in total. The lowest BCUT2D eigenvalue weighted by Gasteiger charge is -2.26. The van der Waals surface area contributed by atoms with Gasteiger partial charge in [0.05, 0.1) is 0 Å². The van der Waals surface area contributed by atoms with Crippen molar-refractivity contribution < 1.29 is 4.79 Å². The lowest BCUT2D eigenvalue weighted by Crippen LogP contribution is -2.41. The molecule has 1 aromatic rings. The third kappa shape index (κ3) is 2.63. The van der Waals surface area contributed by atoms with E-state index in [2.05, 4.69) is 17.2 Å². The number of aromatic nitrogens is 1. The molecule has 1 saturated carbocycles. The SMILES string of the molecule is CCCc1[nH]c(=O)c(C(=O)NC2CCC2)cc1C. The lowest BCUT2D eigenvalue weighted by atomic mass is 9.93. The van der Waals surface area contributed by atoms with E-state index in [1.54, 1.807) is 6.07 Å². The van der Waals surface area contributed by atoms with E-state index in [4.69, 9.17) is 0 Å². The molecule has 0 aliphatic heterocycles. The molecular formula is C14H20N2O2. The summed E-state index contributed by atoms with van der Waals surface area (Å²) in [5, 5.41) is 2.89. The number of pyridine rings is 1. The van der Waals surface area contributed by atoms with Crippen molar-refractivity contribution in [2.75, 3.05) is 0 Å². The maximum atomic E-state index is 12.0. The molecule has 1 aliphatic carbocycles. The van der Waals surface area contributed by atoms with Gasteiger partial charge in [0.25, 0.3) is 11.5 Å². The molecule has 0 atom stereocenters. The third-order valence-corrected chi connectivity index (χ3v) is 3.53. The Balaban J connectivity index is 2.19. The van der Waals surface area contributed by atoms with E-state index in [-0.39, 0.29) is 23.1 Å². The van der Waals surface area contributed by atoms with Crippen molar-refractivity contribution >= 4 is 5.91 Å². The van der Waals surface area contributed by atoms with Crippen LogP contribution in [0.4, 0.5) is 0 Å². The van der Waals surface area contributed by atoms with Gasteiger partial charge in [0.15, 0.2) is 0 Å². The van der Waals surface area contributed by atoms with Crippen LogP contribution < -0.4 is 10.9 Å². The van der Waals surface area contributed by atoms with Crippen molar-refractivity contribution in [2.24, 2.45) is 0 Å². The number of hydrogen-bond donors (Lipinski definition) is 2. The molecular weight excluding hydrogens is 228 g/mol. The van der Waals surface area contributed by atoms with Crippen LogP contribution in [0.2, 0.25) is 0 Å². The molecule has 18 heavy (non-hydrogen) atoms. The standard InChI is InChI=1S/C14H20N2O2/c1-3-5-12-9(2)8-11(14(18)16-12)13(17)15-10-6-4-7-10/h8,10H,3-7H2,1-2H3,(H,15,17)(H,16,18). The monoisotopic (exact) mass is 248 g/mol. The summed E-state index contributed by atoms with van der Waals surface area (Å²) in [6.45, 7) is 4.00. The van der Waals surface area contributed by atoms with Crippen LogP contribution in [-0.4, -0.2) is 16.9 Å². The normalized spacial score (nSPS) is 15.2. The van der Waals surface area contributed by atoms with Crippen molar-refractivity contribution in [1.29, 1.82) is 0 Å². The summed E-state index contributed by atoms with van der Waals surface area (Å²) in [5.41, 5.74) is 1.87. The minimum Gasteiger partial charge on any atom is -0.349 e. The Morgan fingerprint density at radius 3 is 2.78 bits per heavy atom. The minimum absolute atomic E-state index is 0.235. The second kappa shape index (κ2) is 5.38. The van der Waals surface area contributed by atoms with Crippen LogP contribution in [0, 0.1) is 6.92 Å². The molecule has 1 amide bonds. The number of aryl methyl sites for hydroxylation is 2. The van der Waals surface area contributed by atoms with Crippen molar-refractivity contribution in [1.82, 2.24) is 10.3 Å². The fourth-order valence-electron chi connectivity index (χ4n) is 2.17. The molecule has 0 radical (unpaired) electrons. The maximum Gasteiger partial charge on any atom is 0.261 e. The molecule has 0 aromatic carbocycles. The third-order valence-electron chi connectivity index (χ3n) is 3.53. The molecule has 0 unspecified atom stereocenters. The molecule has 2 N–H and O–H groups in total. The van der Waals surface area contributed by atoms with Crippen LogP contribution in [0.5, 0.6) is 0 Å². The average Bonchev–Trinajstić information content (AvgIpc) is 2.28. The average molecular weight is 248 g/mol. The smallest absolute Gasteiger partial charge is 0.261 e. The largest absolute Gasteiger partial charge is 0.349 e. The van der Waals surface area contributed by atoms with Gasteiger partial charge in [-0.2, -0.15) is 0 Å². The maximum absolute atomic E-state index is 12.0. The molecule has 98 valence electrons. The highest BCUT2D eigenvalue weighted by Gasteiger charge is 2.21. The summed E-state index contributed by atoms with van der Waals surface area (Å²) < 4.78 is 0. The van der Waals surface area contributed by atoms with E-state index in [0.717, 1.165) is 43.4 Å². The van der Waals surface area contributed by atoms with Crippen LogP contribution in [0.1, 0.15) is 54.2 Å². The van der Waals surface area contributed by atoms with Gasteiger partial charge in [-0.25, -0.2) is 0 Å². The zero-order valence-corrected chi connectivity index (χ0v) is 11.0. The Labute approximate surface area is 107 Å². The van der Waals surface area contributed by atoms with E-state index in [1.807, 2.05) is 6.92 Å². The number of carbonyl (C=O) groups excluding carboxylic acids is 1. The van der Waals surface area contributed by atoms with Gasteiger partial charge in [-0.05, 0) is 44.2 Å². The highest BCUT2D eigenvalue weighted by molar-refractivity contribution is 5.94. The van der Waals surface area contributed by atoms with Crippen molar-refractivity contribution in [3.05, 3.63) is 33.2 Å². The quantitative estimate of drug-likeness (QED) is 0.855. The van der Waals surface area contributed by atoms with Gasteiger partial charge < -0.3 is 10.3 Å². The van der Waals surface area contributed by atoms with Gasteiger partial charge in [-0.3, -0.25) is 9.59 Å². The lowest BCUT2D eigenvalue weighted by molar-refractivity contribution is 0.0915. The Kier molecular flexibility index (Phi) is 3.84. The summed E-state index contributed by atoms with van der Waals surface area (Å²) in [6, 6.07) is 1.96. The summed E-state index contributed by atoms with van der Waals surface area (Å²) in [4.78, 5) is 26.7. The highest BCUT2D eigenvalue weighted by Crippen LogP contribution is 2.18. The summed E-state index contributed by atoms with van der Waals surface area (Å²) in [7, 11) is 0. The van der Waals surface area contributed by atoms with Gasteiger partial charge in [0.2, 0.25) is 0 Å². The van der Waals surface area contributed by atoms with Gasteiger partial charge in [-0.15, -0.1) is 0 Å². The minimum atomic E-state index is -0.277. The Bertz CT molecular complexity index is 501. The van der Waals surface area contributed by atoms with Crippen molar-refractivity contribution in [3.63, 3.8) is 0 Å². The summed E-state index contributed by atoms with van der Waals surface area (Å²) >= 11 is 0. The van der Waals surface area contributed by atoms with E-state index < -0.39 is 0 Å². The number of carbonyl (C=O) groups is 1. The molecule has 4 heteroatoms. The molecule has 0 spiro atoms. The molecule has 1 aliphatic rings. The first-order valence-corrected chi connectivity index (χ1v) is 6.65. The number of amides is 1. The number of aromatic amines is 1. The molecule has 1 aromatic heterocycles. The highest BCUT2D eigenvalue weighted by atomic mass is 16.2. The first-order chi connectivity index (χ1) is 8.61. The van der Waals surface area contributed by atoms with E-state index >= 15 is 0 Å². The van der Waals surface area contributed by atoms with Crippen LogP contribution in [0.3, 0.4) is 0 Å². The van der Waals surface area contributed by atoms with E-state index in [0.29, 0.717) is 0 Å². The van der Waals surface area contributed by atoms with Gasteiger partial charge >= 0.3 is 0 Å². The fourth-order valence-corrected chi connectivity index (χ4v) is 2.17. The topological polar surface area (TPSA) is 62.0 Å². The number of nitrogens with one attached hydrogen (secondary N) is 2. The van der Waals surface area contributed by atoms with Gasteiger partial charge in [0.1, 0.15) is 5.56 Å². The Hall–Kier alpha value is -1.58. The molecule has 0 bridgehead atoms. The second-order valence-electron chi connectivity index (χ2n) is 5.02. The Morgan fingerprint density at radius 2 is 2.22 bits per heavy atom. The predicted octanol–water partition coefficient (Wildman–Crippen LogP) is 1.92. The number of rotatable bonds is 4. The second-order valence-corrected chi connectivity index (χ2v) is 5.02. The first-order valence-electron chi connectivity index (χ1n) is 6.65. The van der Waals surface area contributed by atoms with Crippen LogP contribution in [-0.2, 0) is 6.42 Å². The van der Waals surface area contributed by atoms with Crippen molar-refractivity contribution in [3.8, 4) is 0 Å². The van der Waals surface area contributed by atoms with Gasteiger partial charge in [-0.1, -0.05) is 13.3 Å². The fraction of sp³-hybridized carbons (Fsp3) is 0.571.